The molecule has 33 heavy (non-hydrogen) atoms. The highest BCUT2D eigenvalue weighted by Crippen LogP contribution is 2.35. The van der Waals surface area contributed by atoms with Crippen LogP contribution in [0.5, 0.6) is 5.75 Å². The molecular weight excluding hydrogens is 430 g/mol. The number of nitro groups is 1. The Hall–Kier alpha value is -4.73. The first kappa shape index (κ1) is 21.5. The summed E-state index contributed by atoms with van der Waals surface area (Å²) in [6, 6.07) is 14.6. The molecule has 0 radical (unpaired) electrons. The van der Waals surface area contributed by atoms with Gasteiger partial charge in [-0.05, 0) is 36.4 Å². The minimum atomic E-state index is -0.792. The number of rotatable bonds is 5. The summed E-state index contributed by atoms with van der Waals surface area (Å²) in [6.45, 7) is 0. The normalized spacial score (nSPS) is 15.3. The molecule has 3 aromatic rings. The van der Waals surface area contributed by atoms with Crippen LogP contribution < -0.4 is 9.64 Å². The number of likely N-dealkylation sites (N-methyl/N-ethyl adjacent to an activating group) is 1. The molecule has 4 rings (SSSR count). The van der Waals surface area contributed by atoms with Crippen LogP contribution in [-0.4, -0.2) is 41.8 Å². The highest BCUT2D eigenvalue weighted by atomic mass is 16.6. The van der Waals surface area contributed by atoms with Gasteiger partial charge in [0.25, 0.3) is 17.5 Å². The van der Waals surface area contributed by atoms with Gasteiger partial charge in [0.05, 0.1) is 23.3 Å². The number of nitro benzene ring substituents is 1. The molecule has 0 aliphatic carbocycles. The molecule has 0 bridgehead atoms. The summed E-state index contributed by atoms with van der Waals surface area (Å²) in [5, 5.41) is 11.1. The van der Waals surface area contributed by atoms with Gasteiger partial charge in [-0.25, -0.2) is 9.69 Å². The zero-order chi connectivity index (χ0) is 23.7. The van der Waals surface area contributed by atoms with E-state index in [2.05, 4.69) is 0 Å². The summed E-state index contributed by atoms with van der Waals surface area (Å²) < 4.78 is 11.0. The monoisotopic (exact) mass is 447 g/mol. The van der Waals surface area contributed by atoms with E-state index in [9.17, 15) is 24.5 Å². The van der Waals surface area contributed by atoms with Crippen molar-refractivity contribution >= 4 is 35.3 Å². The Bertz CT molecular complexity index is 1310. The highest BCUT2D eigenvalue weighted by molar-refractivity contribution is 6.38. The first-order valence-corrected chi connectivity index (χ1v) is 9.67. The lowest BCUT2D eigenvalue weighted by molar-refractivity contribution is -0.384. The lowest BCUT2D eigenvalue weighted by Crippen LogP contribution is -2.55. The van der Waals surface area contributed by atoms with Crippen LogP contribution in [0.15, 0.2) is 70.7 Å². The van der Waals surface area contributed by atoms with Crippen molar-refractivity contribution < 1.29 is 28.5 Å². The van der Waals surface area contributed by atoms with Crippen molar-refractivity contribution in [2.45, 2.75) is 0 Å². The van der Waals surface area contributed by atoms with Gasteiger partial charge in [0.15, 0.2) is 0 Å². The van der Waals surface area contributed by atoms with E-state index in [1.165, 1.54) is 50.6 Å². The number of anilines is 1. The van der Waals surface area contributed by atoms with E-state index in [1.807, 2.05) is 0 Å². The maximum absolute atomic E-state index is 13.0. The maximum Gasteiger partial charge on any atom is 0.338 e. The fraction of sp³-hybridized carbons (Fsp3) is 0.0870. The summed E-state index contributed by atoms with van der Waals surface area (Å²) in [7, 11) is 2.70. The number of benzene rings is 2. The molecule has 2 aromatic carbocycles. The molecule has 0 N–H and O–H groups in total. The minimum Gasteiger partial charge on any atom is -0.496 e. The van der Waals surface area contributed by atoms with E-state index >= 15 is 0 Å². The van der Waals surface area contributed by atoms with Crippen LogP contribution in [0.25, 0.3) is 17.4 Å². The number of nitrogens with zero attached hydrogens (tertiary/aromatic N) is 3. The number of furan rings is 1. The average Bonchev–Trinajstić information content (AvgIpc) is 3.29. The van der Waals surface area contributed by atoms with Crippen LogP contribution >= 0.6 is 0 Å². The van der Waals surface area contributed by atoms with Crippen molar-refractivity contribution in [2.75, 3.05) is 19.1 Å². The summed E-state index contributed by atoms with van der Waals surface area (Å²) in [5.74, 6) is -0.837. The fourth-order valence-electron chi connectivity index (χ4n) is 3.36. The molecule has 1 aromatic heterocycles. The third-order valence-corrected chi connectivity index (χ3v) is 5.03. The van der Waals surface area contributed by atoms with E-state index in [4.69, 9.17) is 9.15 Å². The predicted octanol–water partition coefficient (Wildman–Crippen LogP) is 3.87. The van der Waals surface area contributed by atoms with Crippen LogP contribution in [0.1, 0.15) is 5.76 Å². The number of urea groups is 1. The molecule has 1 aliphatic rings. The molecule has 0 atom stereocenters. The lowest BCUT2D eigenvalue weighted by Gasteiger charge is -2.31. The number of hydrogen-bond donors (Lipinski definition) is 0. The van der Waals surface area contributed by atoms with Crippen LogP contribution in [0.4, 0.5) is 16.2 Å². The van der Waals surface area contributed by atoms with Gasteiger partial charge in [0.1, 0.15) is 22.8 Å². The summed E-state index contributed by atoms with van der Waals surface area (Å²) >= 11 is 0. The van der Waals surface area contributed by atoms with Crippen LogP contribution in [0.3, 0.4) is 0 Å². The van der Waals surface area contributed by atoms with E-state index in [1.54, 1.807) is 30.3 Å². The van der Waals surface area contributed by atoms with Gasteiger partial charge < -0.3 is 9.15 Å². The molecule has 0 spiro atoms. The minimum absolute atomic E-state index is 0.144. The van der Waals surface area contributed by atoms with Gasteiger partial charge in [0.2, 0.25) is 0 Å². The number of hydrogen-bond acceptors (Lipinski definition) is 7. The average molecular weight is 447 g/mol. The summed E-state index contributed by atoms with van der Waals surface area (Å²) in [5.41, 5.74) is 0.223. The molecule has 1 aliphatic heterocycles. The van der Waals surface area contributed by atoms with E-state index in [0.717, 1.165) is 9.80 Å². The van der Waals surface area contributed by atoms with Crippen LogP contribution in [0, 0.1) is 10.1 Å². The number of carbonyl (C=O) groups is 3. The Balaban J connectivity index is 1.74. The molecule has 166 valence electrons. The lowest BCUT2D eigenvalue weighted by atomic mass is 10.1. The van der Waals surface area contributed by atoms with Gasteiger partial charge in [-0.3, -0.25) is 24.6 Å². The van der Waals surface area contributed by atoms with Crippen molar-refractivity contribution in [3.05, 3.63) is 82.1 Å². The van der Waals surface area contributed by atoms with Gasteiger partial charge in [-0.1, -0.05) is 18.2 Å². The molecule has 10 heteroatoms. The Morgan fingerprint density at radius 3 is 2.39 bits per heavy atom. The largest absolute Gasteiger partial charge is 0.496 e. The van der Waals surface area contributed by atoms with Gasteiger partial charge >= 0.3 is 6.03 Å². The van der Waals surface area contributed by atoms with Crippen molar-refractivity contribution in [3.63, 3.8) is 0 Å². The predicted molar refractivity (Wildman–Crippen MR) is 117 cm³/mol. The molecule has 0 unspecified atom stereocenters. The number of methoxy groups -OCH3 is 1. The smallest absolute Gasteiger partial charge is 0.338 e. The second-order valence-electron chi connectivity index (χ2n) is 7.02. The van der Waals surface area contributed by atoms with Gasteiger partial charge in [-0.2, -0.15) is 0 Å². The number of barbiturate groups is 1. The third-order valence-electron chi connectivity index (χ3n) is 5.03. The standard InChI is InChI=1S/C23H17N3O7/c1-24-21(27)18(22(28)25(23(24)29)14-6-4-3-5-7-14)13-16-9-11-20(33-16)17-12-15(26(30)31)8-10-19(17)32-2/h3-13H,1-2H3/b18-13+. The maximum atomic E-state index is 13.0. The van der Waals surface area contributed by atoms with Gasteiger partial charge in [-0.15, -0.1) is 0 Å². The third kappa shape index (κ3) is 3.85. The molecular formula is C23H17N3O7. The van der Waals surface area contributed by atoms with Crippen LogP contribution in [0.2, 0.25) is 0 Å². The molecule has 4 amide bonds. The quantitative estimate of drug-likeness (QED) is 0.252. The number of para-hydroxylation sites is 1. The first-order valence-electron chi connectivity index (χ1n) is 9.67. The topological polar surface area (TPSA) is 123 Å². The molecule has 1 fully saturated rings. The Morgan fingerprint density at radius 1 is 1.00 bits per heavy atom. The molecule has 10 nitrogen and oxygen atoms in total. The summed E-state index contributed by atoms with van der Waals surface area (Å²) in [6.07, 6.45) is 1.23. The van der Waals surface area contributed by atoms with Crippen molar-refractivity contribution in [3.8, 4) is 17.1 Å². The zero-order valence-electron chi connectivity index (χ0n) is 17.6. The second kappa shape index (κ2) is 8.42. The highest BCUT2D eigenvalue weighted by Gasteiger charge is 2.41. The SMILES string of the molecule is COc1ccc([N+](=O)[O-])cc1-c1ccc(/C=C2\C(=O)N(C)C(=O)N(c3ccccc3)C2=O)o1. The zero-order valence-corrected chi connectivity index (χ0v) is 17.6. The Kier molecular flexibility index (Phi) is 5.49. The van der Waals surface area contributed by atoms with Crippen molar-refractivity contribution in [1.82, 2.24) is 4.90 Å². The van der Waals surface area contributed by atoms with Crippen molar-refractivity contribution in [1.29, 1.82) is 0 Å². The molecule has 1 saturated heterocycles. The number of imide groups is 2. The number of amides is 4. The number of ether oxygens (including phenoxy) is 1. The van der Waals surface area contributed by atoms with Gasteiger partial charge in [0, 0.05) is 19.2 Å². The van der Waals surface area contributed by atoms with Crippen molar-refractivity contribution in [2.24, 2.45) is 0 Å². The van der Waals surface area contributed by atoms with Crippen LogP contribution in [-0.2, 0) is 9.59 Å². The molecule has 2 heterocycles. The second-order valence-corrected chi connectivity index (χ2v) is 7.02. The van der Waals surface area contributed by atoms with E-state index in [-0.39, 0.29) is 22.8 Å². The molecule has 0 saturated carbocycles. The number of non-ortho nitro benzene ring substituents is 1. The Morgan fingerprint density at radius 2 is 1.73 bits per heavy atom. The van der Waals surface area contributed by atoms with E-state index < -0.39 is 22.8 Å². The Labute approximate surface area is 187 Å². The number of carbonyl (C=O) groups excluding carboxylic acids is 3. The fourth-order valence-corrected chi connectivity index (χ4v) is 3.36. The van der Waals surface area contributed by atoms with E-state index in [0.29, 0.717) is 17.0 Å². The first-order chi connectivity index (χ1) is 15.8. The summed E-state index contributed by atoms with van der Waals surface area (Å²) in [4.78, 5) is 50.6.